The lowest BCUT2D eigenvalue weighted by atomic mass is 9.98. The van der Waals surface area contributed by atoms with Gasteiger partial charge in [-0.2, -0.15) is 5.10 Å². The normalized spacial score (nSPS) is 14.5. The molecule has 4 rings (SSSR count). The van der Waals surface area contributed by atoms with Crippen LogP contribution < -0.4 is 5.32 Å². The van der Waals surface area contributed by atoms with Crippen molar-refractivity contribution in [1.29, 1.82) is 0 Å². The molecular weight excluding hydrogens is 382 g/mol. The number of nitrogens with zero attached hydrogens (tertiary/aromatic N) is 2. The second-order valence-corrected chi connectivity index (χ2v) is 7.44. The summed E-state index contributed by atoms with van der Waals surface area (Å²) in [6, 6.07) is 16.1. The lowest BCUT2D eigenvalue weighted by Gasteiger charge is -2.23. The SMILES string of the molecule is Cc1ccnn1C(C)C(NC(=O)OCC1c2ccccc2-c2ccccc21)C(=O)O. The van der Waals surface area contributed by atoms with Crippen LogP contribution in [-0.2, 0) is 9.53 Å². The first kappa shape index (κ1) is 19.7. The Bertz CT molecular complexity index is 1050. The van der Waals surface area contributed by atoms with E-state index in [1.165, 1.54) is 0 Å². The summed E-state index contributed by atoms with van der Waals surface area (Å²) >= 11 is 0. The van der Waals surface area contributed by atoms with Gasteiger partial charge in [0.05, 0.1) is 6.04 Å². The second kappa shape index (κ2) is 8.02. The molecule has 0 fully saturated rings. The highest BCUT2D eigenvalue weighted by Crippen LogP contribution is 2.44. The Morgan fingerprint density at radius 3 is 2.23 bits per heavy atom. The molecule has 2 aromatic carbocycles. The van der Waals surface area contributed by atoms with Crippen LogP contribution in [-0.4, -0.2) is 39.6 Å². The molecule has 0 radical (unpaired) electrons. The van der Waals surface area contributed by atoms with Crippen LogP contribution in [0.25, 0.3) is 11.1 Å². The van der Waals surface area contributed by atoms with E-state index in [0.29, 0.717) is 0 Å². The fourth-order valence-corrected chi connectivity index (χ4v) is 4.10. The molecule has 0 saturated carbocycles. The Morgan fingerprint density at radius 2 is 1.70 bits per heavy atom. The van der Waals surface area contributed by atoms with E-state index >= 15 is 0 Å². The molecule has 7 nitrogen and oxygen atoms in total. The molecule has 1 amide bonds. The number of hydrogen-bond donors (Lipinski definition) is 2. The van der Waals surface area contributed by atoms with Crippen molar-refractivity contribution < 1.29 is 19.4 Å². The lowest BCUT2D eigenvalue weighted by molar-refractivity contribution is -0.140. The number of aryl methyl sites for hydroxylation is 1. The van der Waals surface area contributed by atoms with E-state index in [9.17, 15) is 14.7 Å². The van der Waals surface area contributed by atoms with Crippen molar-refractivity contribution in [2.24, 2.45) is 0 Å². The molecule has 1 heterocycles. The lowest BCUT2D eigenvalue weighted by Crippen LogP contribution is -2.46. The number of alkyl carbamates (subject to hydrolysis) is 1. The van der Waals surface area contributed by atoms with Crippen molar-refractivity contribution in [2.45, 2.75) is 31.8 Å². The van der Waals surface area contributed by atoms with E-state index in [1.807, 2.05) is 43.3 Å². The third-order valence-electron chi connectivity index (χ3n) is 5.62. The zero-order chi connectivity index (χ0) is 21.3. The number of carbonyl (C=O) groups is 2. The van der Waals surface area contributed by atoms with Gasteiger partial charge in [0.15, 0.2) is 6.04 Å². The number of amides is 1. The van der Waals surface area contributed by atoms with E-state index < -0.39 is 24.1 Å². The van der Waals surface area contributed by atoms with Crippen LogP contribution in [0.1, 0.15) is 35.7 Å². The van der Waals surface area contributed by atoms with Gasteiger partial charge in [0.1, 0.15) is 6.61 Å². The number of carboxylic acids is 1. The first-order valence-electron chi connectivity index (χ1n) is 9.82. The Labute approximate surface area is 174 Å². The molecule has 1 aromatic heterocycles. The topological polar surface area (TPSA) is 93.5 Å². The molecule has 2 atom stereocenters. The maximum atomic E-state index is 12.5. The fraction of sp³-hybridized carbons (Fsp3) is 0.261. The van der Waals surface area contributed by atoms with Crippen molar-refractivity contribution >= 4 is 12.1 Å². The maximum Gasteiger partial charge on any atom is 0.407 e. The molecule has 0 bridgehead atoms. The van der Waals surface area contributed by atoms with E-state index in [2.05, 4.69) is 22.5 Å². The minimum absolute atomic E-state index is 0.0859. The summed E-state index contributed by atoms with van der Waals surface area (Å²) in [6.45, 7) is 3.65. The number of hydrogen-bond acceptors (Lipinski definition) is 4. The highest BCUT2D eigenvalue weighted by molar-refractivity contribution is 5.81. The minimum Gasteiger partial charge on any atom is -0.480 e. The van der Waals surface area contributed by atoms with Gasteiger partial charge in [-0.1, -0.05) is 48.5 Å². The van der Waals surface area contributed by atoms with Gasteiger partial charge < -0.3 is 15.2 Å². The third kappa shape index (κ3) is 3.54. The first-order valence-corrected chi connectivity index (χ1v) is 9.82. The Morgan fingerprint density at radius 1 is 1.10 bits per heavy atom. The van der Waals surface area contributed by atoms with Gasteiger partial charge in [0, 0.05) is 17.8 Å². The van der Waals surface area contributed by atoms with E-state index in [1.54, 1.807) is 23.9 Å². The zero-order valence-electron chi connectivity index (χ0n) is 16.8. The largest absolute Gasteiger partial charge is 0.480 e. The molecule has 1 aliphatic carbocycles. The number of aliphatic carboxylic acids is 1. The first-order chi connectivity index (χ1) is 14.5. The predicted molar refractivity (Wildman–Crippen MR) is 111 cm³/mol. The number of rotatable bonds is 6. The Balaban J connectivity index is 1.47. The van der Waals surface area contributed by atoms with Crippen molar-refractivity contribution in [3.63, 3.8) is 0 Å². The van der Waals surface area contributed by atoms with Crippen LogP contribution in [0.3, 0.4) is 0 Å². The van der Waals surface area contributed by atoms with Gasteiger partial charge in [0.25, 0.3) is 0 Å². The predicted octanol–water partition coefficient (Wildman–Crippen LogP) is 3.74. The van der Waals surface area contributed by atoms with Crippen LogP contribution in [0.15, 0.2) is 60.8 Å². The third-order valence-corrected chi connectivity index (χ3v) is 5.62. The Kier molecular flexibility index (Phi) is 5.27. The zero-order valence-corrected chi connectivity index (χ0v) is 16.8. The number of ether oxygens (including phenoxy) is 1. The number of aromatic nitrogens is 2. The molecule has 3 aromatic rings. The summed E-state index contributed by atoms with van der Waals surface area (Å²) in [4.78, 5) is 24.2. The summed E-state index contributed by atoms with van der Waals surface area (Å²) in [5.74, 6) is -1.23. The van der Waals surface area contributed by atoms with Crippen molar-refractivity contribution in [3.05, 3.63) is 77.6 Å². The molecule has 0 saturated heterocycles. The number of carbonyl (C=O) groups excluding carboxylic acids is 1. The van der Waals surface area contributed by atoms with Crippen molar-refractivity contribution in [3.8, 4) is 11.1 Å². The average Bonchev–Trinajstić information content (AvgIpc) is 3.31. The fourth-order valence-electron chi connectivity index (χ4n) is 4.10. The highest BCUT2D eigenvalue weighted by Gasteiger charge is 2.32. The monoisotopic (exact) mass is 405 g/mol. The van der Waals surface area contributed by atoms with Crippen LogP contribution in [0.2, 0.25) is 0 Å². The summed E-state index contributed by atoms with van der Waals surface area (Å²) in [6.07, 6.45) is 0.832. The Hall–Kier alpha value is -3.61. The number of fused-ring (bicyclic) bond motifs is 3. The molecule has 0 aliphatic heterocycles. The smallest absolute Gasteiger partial charge is 0.407 e. The van der Waals surface area contributed by atoms with Gasteiger partial charge in [-0.25, -0.2) is 9.59 Å². The van der Waals surface area contributed by atoms with Crippen LogP contribution in [0.4, 0.5) is 4.79 Å². The van der Waals surface area contributed by atoms with Gasteiger partial charge in [-0.15, -0.1) is 0 Å². The number of carboxylic acid groups (broad SMARTS) is 1. The average molecular weight is 405 g/mol. The molecule has 7 heteroatoms. The standard InChI is InChI=1S/C23H23N3O4/c1-14-11-12-24-26(14)15(2)21(22(27)28)25-23(29)30-13-20-18-9-5-3-7-16(18)17-8-4-6-10-19(17)20/h3-12,15,20-21H,13H2,1-2H3,(H,25,29)(H,27,28). The molecule has 30 heavy (non-hydrogen) atoms. The molecular formula is C23H23N3O4. The van der Waals surface area contributed by atoms with Crippen molar-refractivity contribution in [2.75, 3.05) is 6.61 Å². The molecule has 2 N–H and O–H groups in total. The molecule has 154 valence electrons. The molecule has 1 aliphatic rings. The van der Waals surface area contributed by atoms with Crippen LogP contribution in [0.5, 0.6) is 0 Å². The van der Waals surface area contributed by atoms with E-state index in [-0.39, 0.29) is 12.5 Å². The summed E-state index contributed by atoms with van der Waals surface area (Å²) < 4.78 is 7.05. The summed E-state index contributed by atoms with van der Waals surface area (Å²) in [5, 5.41) is 16.2. The van der Waals surface area contributed by atoms with Gasteiger partial charge in [-0.3, -0.25) is 4.68 Å². The minimum atomic E-state index is -1.17. The quantitative estimate of drug-likeness (QED) is 0.652. The van der Waals surface area contributed by atoms with Gasteiger partial charge >= 0.3 is 12.1 Å². The maximum absolute atomic E-state index is 12.5. The van der Waals surface area contributed by atoms with Crippen LogP contribution in [0, 0.1) is 6.92 Å². The molecule has 0 spiro atoms. The summed E-state index contributed by atoms with van der Waals surface area (Å²) in [5.41, 5.74) is 5.27. The van der Waals surface area contributed by atoms with Gasteiger partial charge in [-0.05, 0) is 42.2 Å². The highest BCUT2D eigenvalue weighted by atomic mass is 16.5. The van der Waals surface area contributed by atoms with E-state index in [4.69, 9.17) is 4.74 Å². The number of nitrogens with one attached hydrogen (secondary N) is 1. The van der Waals surface area contributed by atoms with Crippen LogP contribution >= 0.6 is 0 Å². The summed E-state index contributed by atoms with van der Waals surface area (Å²) in [7, 11) is 0. The van der Waals surface area contributed by atoms with E-state index in [0.717, 1.165) is 27.9 Å². The van der Waals surface area contributed by atoms with Crippen molar-refractivity contribution in [1.82, 2.24) is 15.1 Å². The second-order valence-electron chi connectivity index (χ2n) is 7.44. The van der Waals surface area contributed by atoms with Gasteiger partial charge in [0.2, 0.25) is 0 Å². The number of benzene rings is 2. The molecule has 2 unspecified atom stereocenters.